The zero-order chi connectivity index (χ0) is 11.6. The van der Waals surface area contributed by atoms with E-state index in [1.165, 1.54) is 0 Å². The van der Waals surface area contributed by atoms with Gasteiger partial charge in [-0.1, -0.05) is 39.8 Å². The molecular weight excluding hydrogens is 174 g/mol. The first kappa shape index (κ1) is 15.6. The van der Waals surface area contributed by atoms with E-state index in [4.69, 9.17) is 0 Å². The summed E-state index contributed by atoms with van der Waals surface area (Å²) in [6.07, 6.45) is 2.96. The fourth-order valence-electron chi connectivity index (χ4n) is 0.728. The third-order valence-electron chi connectivity index (χ3n) is 1.45. The molecule has 0 saturated carbocycles. The van der Waals surface area contributed by atoms with E-state index < -0.39 is 0 Å². The molecule has 1 rings (SSSR count). The van der Waals surface area contributed by atoms with Crippen LogP contribution in [0.15, 0.2) is 6.20 Å². The molecule has 0 aliphatic heterocycles. The maximum Gasteiger partial charge on any atom is 0.0824 e. The van der Waals surface area contributed by atoms with E-state index in [1.807, 2.05) is 38.6 Å². The van der Waals surface area contributed by atoms with Crippen LogP contribution in [-0.2, 0) is 6.42 Å². The average Bonchev–Trinajstić information content (AvgIpc) is 2.72. The molecule has 1 heterocycles. The van der Waals surface area contributed by atoms with Gasteiger partial charge < -0.3 is 0 Å². The van der Waals surface area contributed by atoms with E-state index >= 15 is 0 Å². The summed E-state index contributed by atoms with van der Waals surface area (Å²) in [4.78, 5) is 0. The summed E-state index contributed by atoms with van der Waals surface area (Å²) in [5, 5.41) is 7.92. The Morgan fingerprint density at radius 3 is 1.93 bits per heavy atom. The smallest absolute Gasteiger partial charge is 0.0824 e. The lowest BCUT2D eigenvalue weighted by atomic mass is 10.3. The standard InChI is InChI=1S/C7H13N3.2C2H6/c1-4-7-5-10(6(2)3)9-8-7;2*1-2/h5-6H,4H2,1-3H3;2*1-2H3. The molecule has 0 saturated heterocycles. The highest BCUT2D eigenvalue weighted by Gasteiger charge is 1.99. The van der Waals surface area contributed by atoms with Crippen LogP contribution in [0.3, 0.4) is 0 Å². The highest BCUT2D eigenvalue weighted by atomic mass is 15.4. The van der Waals surface area contributed by atoms with Crippen LogP contribution in [-0.4, -0.2) is 15.0 Å². The van der Waals surface area contributed by atoms with Crippen LogP contribution >= 0.6 is 0 Å². The van der Waals surface area contributed by atoms with Crippen molar-refractivity contribution in [1.82, 2.24) is 15.0 Å². The van der Waals surface area contributed by atoms with Gasteiger partial charge in [0.1, 0.15) is 0 Å². The number of hydrogen-bond donors (Lipinski definition) is 0. The van der Waals surface area contributed by atoms with Gasteiger partial charge in [0.05, 0.1) is 5.69 Å². The van der Waals surface area contributed by atoms with Gasteiger partial charge in [0.15, 0.2) is 0 Å². The van der Waals surface area contributed by atoms with Crippen molar-refractivity contribution in [1.29, 1.82) is 0 Å². The summed E-state index contributed by atoms with van der Waals surface area (Å²) in [6.45, 7) is 14.3. The minimum absolute atomic E-state index is 0.424. The number of aryl methyl sites for hydroxylation is 1. The molecule has 1 aromatic heterocycles. The number of hydrogen-bond acceptors (Lipinski definition) is 2. The third-order valence-corrected chi connectivity index (χ3v) is 1.45. The number of rotatable bonds is 2. The van der Waals surface area contributed by atoms with Gasteiger partial charge >= 0.3 is 0 Å². The Morgan fingerprint density at radius 2 is 1.71 bits per heavy atom. The molecule has 0 amide bonds. The van der Waals surface area contributed by atoms with Gasteiger partial charge in [-0.3, -0.25) is 0 Å². The van der Waals surface area contributed by atoms with Crippen molar-refractivity contribution in [3.8, 4) is 0 Å². The summed E-state index contributed by atoms with van der Waals surface area (Å²) >= 11 is 0. The molecule has 0 aromatic carbocycles. The van der Waals surface area contributed by atoms with E-state index in [1.54, 1.807) is 0 Å². The molecule has 0 unspecified atom stereocenters. The fourth-order valence-corrected chi connectivity index (χ4v) is 0.728. The second-order valence-corrected chi connectivity index (χ2v) is 2.64. The summed E-state index contributed by atoms with van der Waals surface area (Å²) in [7, 11) is 0. The molecule has 84 valence electrons. The summed E-state index contributed by atoms with van der Waals surface area (Å²) < 4.78 is 1.87. The van der Waals surface area contributed by atoms with E-state index in [0.717, 1.165) is 12.1 Å². The molecule has 1 aromatic rings. The fraction of sp³-hybridized carbons (Fsp3) is 0.818. The predicted molar refractivity (Wildman–Crippen MR) is 62.5 cm³/mol. The van der Waals surface area contributed by atoms with Crippen molar-refractivity contribution in [3.63, 3.8) is 0 Å². The molecule has 14 heavy (non-hydrogen) atoms. The van der Waals surface area contributed by atoms with Gasteiger partial charge in [-0.05, 0) is 20.3 Å². The first-order valence-corrected chi connectivity index (χ1v) is 5.64. The van der Waals surface area contributed by atoms with Gasteiger partial charge in [-0.15, -0.1) is 5.10 Å². The SMILES string of the molecule is CC.CC.CCc1cn(C(C)C)nn1. The van der Waals surface area contributed by atoms with Crippen molar-refractivity contribution in [2.24, 2.45) is 0 Å². The Kier molecular flexibility index (Phi) is 11.4. The molecule has 3 heteroatoms. The Balaban J connectivity index is 0. The molecule has 3 nitrogen and oxygen atoms in total. The topological polar surface area (TPSA) is 30.7 Å². The highest BCUT2D eigenvalue weighted by molar-refractivity contribution is 4.91. The molecule has 0 aliphatic carbocycles. The molecular formula is C11H25N3. The van der Waals surface area contributed by atoms with E-state index in [-0.39, 0.29) is 0 Å². The Morgan fingerprint density at radius 1 is 1.21 bits per heavy atom. The molecule has 0 aliphatic rings. The van der Waals surface area contributed by atoms with Gasteiger partial charge in [0.2, 0.25) is 0 Å². The zero-order valence-electron chi connectivity index (χ0n) is 10.7. The molecule has 0 atom stereocenters. The van der Waals surface area contributed by atoms with Crippen molar-refractivity contribution < 1.29 is 0 Å². The van der Waals surface area contributed by atoms with Crippen molar-refractivity contribution in [2.45, 2.75) is 60.9 Å². The summed E-state index contributed by atoms with van der Waals surface area (Å²) in [5.74, 6) is 0. The van der Waals surface area contributed by atoms with E-state index in [9.17, 15) is 0 Å². The predicted octanol–water partition coefficient (Wildman–Crippen LogP) is 3.47. The Labute approximate surface area is 88.5 Å². The van der Waals surface area contributed by atoms with Gasteiger partial charge in [-0.25, -0.2) is 4.68 Å². The molecule has 0 spiro atoms. The third kappa shape index (κ3) is 5.73. The molecule has 0 radical (unpaired) electrons. The van der Waals surface area contributed by atoms with E-state index in [0.29, 0.717) is 6.04 Å². The van der Waals surface area contributed by atoms with Crippen LogP contribution in [0.1, 0.15) is 60.2 Å². The van der Waals surface area contributed by atoms with Crippen LogP contribution < -0.4 is 0 Å². The maximum absolute atomic E-state index is 3.97. The zero-order valence-corrected chi connectivity index (χ0v) is 10.7. The van der Waals surface area contributed by atoms with Crippen LogP contribution in [0.2, 0.25) is 0 Å². The van der Waals surface area contributed by atoms with Gasteiger partial charge in [-0.2, -0.15) is 0 Å². The van der Waals surface area contributed by atoms with Crippen LogP contribution in [0.25, 0.3) is 0 Å². The first-order chi connectivity index (χ1) is 6.74. The van der Waals surface area contributed by atoms with Gasteiger partial charge in [0.25, 0.3) is 0 Å². The maximum atomic E-state index is 3.97. The van der Waals surface area contributed by atoms with Gasteiger partial charge in [0, 0.05) is 12.2 Å². The lowest BCUT2D eigenvalue weighted by Gasteiger charge is -2.00. The molecule has 0 N–H and O–H groups in total. The Bertz CT molecular complexity index is 204. The Hall–Kier alpha value is -0.860. The quantitative estimate of drug-likeness (QED) is 0.730. The largest absolute Gasteiger partial charge is 0.250 e. The second-order valence-electron chi connectivity index (χ2n) is 2.64. The second kappa shape index (κ2) is 10.2. The lowest BCUT2D eigenvalue weighted by molar-refractivity contribution is 0.514. The summed E-state index contributed by atoms with van der Waals surface area (Å²) in [5.41, 5.74) is 1.06. The van der Waals surface area contributed by atoms with Crippen LogP contribution in [0, 0.1) is 0 Å². The number of nitrogens with zero attached hydrogens (tertiary/aromatic N) is 3. The van der Waals surface area contributed by atoms with Crippen molar-refractivity contribution in [2.75, 3.05) is 0 Å². The minimum atomic E-state index is 0.424. The van der Waals surface area contributed by atoms with Crippen LogP contribution in [0.4, 0.5) is 0 Å². The van der Waals surface area contributed by atoms with Crippen molar-refractivity contribution >= 4 is 0 Å². The lowest BCUT2D eigenvalue weighted by Crippen LogP contribution is -2.00. The average molecular weight is 199 g/mol. The van der Waals surface area contributed by atoms with Crippen molar-refractivity contribution in [3.05, 3.63) is 11.9 Å². The molecule has 0 fully saturated rings. The number of aromatic nitrogens is 3. The minimum Gasteiger partial charge on any atom is -0.250 e. The van der Waals surface area contributed by atoms with Crippen LogP contribution in [0.5, 0.6) is 0 Å². The summed E-state index contributed by atoms with van der Waals surface area (Å²) in [6, 6.07) is 0.424. The highest BCUT2D eigenvalue weighted by Crippen LogP contribution is 2.01. The molecule has 0 bridgehead atoms. The normalized spacial score (nSPS) is 8.57. The first-order valence-electron chi connectivity index (χ1n) is 5.64. The van der Waals surface area contributed by atoms with E-state index in [2.05, 4.69) is 31.1 Å². The monoisotopic (exact) mass is 199 g/mol.